The van der Waals surface area contributed by atoms with Gasteiger partial charge in [-0.15, -0.1) is 11.8 Å². The molecule has 0 unspecified atom stereocenters. The molecule has 0 spiro atoms. The largest absolute Gasteiger partial charge is 0.451 e. The minimum absolute atomic E-state index is 0.350. The maximum atomic E-state index is 12.4. The van der Waals surface area contributed by atoms with Crippen LogP contribution < -0.4 is 0 Å². The Balaban J connectivity index is 2.10. The molecule has 2 nitrogen and oxygen atoms in total. The fourth-order valence-corrected chi connectivity index (χ4v) is 2.37. The number of hydrogen-bond acceptors (Lipinski definition) is 3. The molecule has 0 saturated heterocycles. The van der Waals surface area contributed by atoms with E-state index in [1.54, 1.807) is 6.92 Å². The van der Waals surface area contributed by atoms with E-state index in [1.807, 2.05) is 30.3 Å². The van der Waals surface area contributed by atoms with Crippen molar-refractivity contribution < 1.29 is 13.2 Å². The predicted molar refractivity (Wildman–Crippen MR) is 67.8 cm³/mol. The molecule has 1 aromatic carbocycles. The van der Waals surface area contributed by atoms with Crippen molar-refractivity contribution in [3.05, 3.63) is 53.6 Å². The van der Waals surface area contributed by atoms with Gasteiger partial charge in [0.15, 0.2) is 0 Å². The fourth-order valence-electron chi connectivity index (χ4n) is 1.47. The second kappa shape index (κ2) is 5.61. The van der Waals surface area contributed by atoms with E-state index in [-0.39, 0.29) is 0 Å². The van der Waals surface area contributed by atoms with Gasteiger partial charge in [-0.2, -0.15) is 13.2 Å². The first-order valence-electron chi connectivity index (χ1n) is 5.54. The van der Waals surface area contributed by atoms with Gasteiger partial charge in [0.05, 0.1) is 5.69 Å². The van der Waals surface area contributed by atoms with E-state index in [2.05, 4.69) is 9.97 Å². The lowest BCUT2D eigenvalue weighted by Crippen LogP contribution is -2.11. The van der Waals surface area contributed by atoms with Gasteiger partial charge in [0, 0.05) is 16.8 Å². The maximum absolute atomic E-state index is 12.4. The number of aryl methyl sites for hydroxylation is 1. The first-order valence-corrected chi connectivity index (χ1v) is 6.53. The average Bonchev–Trinajstić information content (AvgIpc) is 2.37. The van der Waals surface area contributed by atoms with Crippen LogP contribution in [0.4, 0.5) is 13.2 Å². The molecule has 100 valence electrons. The summed E-state index contributed by atoms with van der Waals surface area (Å²) in [4.78, 5) is 7.53. The predicted octanol–water partition coefficient (Wildman–Crippen LogP) is 4.10. The summed E-state index contributed by atoms with van der Waals surface area (Å²) in [7, 11) is 0. The zero-order valence-electron chi connectivity index (χ0n) is 10.1. The summed E-state index contributed by atoms with van der Waals surface area (Å²) < 4.78 is 37.3. The van der Waals surface area contributed by atoms with Crippen LogP contribution >= 0.6 is 11.8 Å². The molecule has 0 amide bonds. The summed E-state index contributed by atoms with van der Waals surface area (Å²) in [5.74, 6) is -0.412. The number of nitrogens with zero attached hydrogens (tertiary/aromatic N) is 2. The van der Waals surface area contributed by atoms with Gasteiger partial charge in [-0.3, -0.25) is 0 Å². The molecule has 0 radical (unpaired) electrons. The van der Waals surface area contributed by atoms with Gasteiger partial charge in [-0.05, 0) is 12.5 Å². The summed E-state index contributed by atoms with van der Waals surface area (Å²) >= 11 is 1.43. The van der Waals surface area contributed by atoms with Crippen LogP contribution in [0.15, 0.2) is 41.4 Å². The van der Waals surface area contributed by atoms with Crippen molar-refractivity contribution in [3.63, 3.8) is 0 Å². The quantitative estimate of drug-likeness (QED) is 0.794. The zero-order chi connectivity index (χ0) is 13.9. The molecule has 0 aliphatic heterocycles. The third-order valence-corrected chi connectivity index (χ3v) is 3.61. The number of benzene rings is 1. The van der Waals surface area contributed by atoms with Gasteiger partial charge in [0.1, 0.15) is 0 Å². The zero-order valence-corrected chi connectivity index (χ0v) is 10.9. The first-order chi connectivity index (χ1) is 8.97. The lowest BCUT2D eigenvalue weighted by molar-refractivity contribution is -0.145. The molecule has 2 aromatic rings. The molecular weight excluding hydrogens is 273 g/mol. The highest BCUT2D eigenvalue weighted by atomic mass is 32.2. The summed E-state index contributed by atoms with van der Waals surface area (Å²) in [6.45, 7) is 1.56. The molecule has 0 aliphatic rings. The normalized spacial score (nSPS) is 11.6. The topological polar surface area (TPSA) is 25.8 Å². The number of aromatic nitrogens is 2. The van der Waals surface area contributed by atoms with Crippen molar-refractivity contribution in [2.75, 3.05) is 0 Å². The first kappa shape index (κ1) is 13.9. The Bertz CT molecular complexity index is 556. The van der Waals surface area contributed by atoms with Crippen molar-refractivity contribution in [2.45, 2.75) is 23.7 Å². The SMILES string of the molecule is Cc1nc(C(F)(F)F)ncc1SCc1ccccc1. The summed E-state index contributed by atoms with van der Waals surface area (Å²) in [5, 5.41) is 0. The van der Waals surface area contributed by atoms with Crippen LogP contribution in [0.25, 0.3) is 0 Å². The smallest absolute Gasteiger partial charge is 0.232 e. The van der Waals surface area contributed by atoms with Crippen LogP contribution in [0.5, 0.6) is 0 Å². The molecular formula is C13H11F3N2S. The molecule has 2 rings (SSSR count). The van der Waals surface area contributed by atoms with Crippen LogP contribution in [0, 0.1) is 6.92 Å². The Kier molecular flexibility index (Phi) is 4.09. The van der Waals surface area contributed by atoms with Crippen LogP contribution in [0.1, 0.15) is 17.1 Å². The molecule has 1 aromatic heterocycles. The molecule has 6 heteroatoms. The number of thioether (sulfide) groups is 1. The molecule has 0 saturated carbocycles. The van der Waals surface area contributed by atoms with Crippen molar-refractivity contribution in [1.29, 1.82) is 0 Å². The lowest BCUT2D eigenvalue weighted by Gasteiger charge is -2.08. The molecule has 1 heterocycles. The summed E-state index contributed by atoms with van der Waals surface area (Å²) in [6.07, 6.45) is -3.26. The van der Waals surface area contributed by atoms with E-state index in [0.29, 0.717) is 16.3 Å². The number of alkyl halides is 3. The second-order valence-corrected chi connectivity index (χ2v) is 4.93. The lowest BCUT2D eigenvalue weighted by atomic mass is 10.2. The third kappa shape index (κ3) is 3.70. The van der Waals surface area contributed by atoms with Crippen molar-refractivity contribution in [1.82, 2.24) is 9.97 Å². The van der Waals surface area contributed by atoms with Crippen LogP contribution in [-0.2, 0) is 11.9 Å². The van der Waals surface area contributed by atoms with E-state index >= 15 is 0 Å². The Morgan fingerprint density at radius 1 is 1.16 bits per heavy atom. The van der Waals surface area contributed by atoms with E-state index in [9.17, 15) is 13.2 Å². The van der Waals surface area contributed by atoms with E-state index < -0.39 is 12.0 Å². The standard InChI is InChI=1S/C13H11F3N2S/c1-9-11(7-17-12(18-9)13(14,15)16)19-8-10-5-3-2-4-6-10/h2-7H,8H2,1H3. The van der Waals surface area contributed by atoms with Gasteiger partial charge >= 0.3 is 6.18 Å². The van der Waals surface area contributed by atoms with Crippen LogP contribution in [0.3, 0.4) is 0 Å². The highest BCUT2D eigenvalue weighted by Gasteiger charge is 2.34. The molecule has 0 bridgehead atoms. The van der Waals surface area contributed by atoms with Gasteiger partial charge in [0.2, 0.25) is 5.82 Å². The van der Waals surface area contributed by atoms with E-state index in [1.165, 1.54) is 18.0 Å². The average molecular weight is 284 g/mol. The molecule has 0 N–H and O–H groups in total. The van der Waals surface area contributed by atoms with Crippen LogP contribution in [-0.4, -0.2) is 9.97 Å². The maximum Gasteiger partial charge on any atom is 0.451 e. The molecule has 0 fully saturated rings. The fraction of sp³-hybridized carbons (Fsp3) is 0.231. The molecule has 0 atom stereocenters. The van der Waals surface area contributed by atoms with E-state index in [0.717, 1.165) is 5.56 Å². The van der Waals surface area contributed by atoms with E-state index in [4.69, 9.17) is 0 Å². The number of rotatable bonds is 3. The van der Waals surface area contributed by atoms with Gasteiger partial charge < -0.3 is 0 Å². The van der Waals surface area contributed by atoms with Crippen molar-refractivity contribution >= 4 is 11.8 Å². The Labute approximate surface area is 113 Å². The Morgan fingerprint density at radius 3 is 2.42 bits per heavy atom. The minimum atomic E-state index is -4.49. The Morgan fingerprint density at radius 2 is 1.84 bits per heavy atom. The highest BCUT2D eigenvalue weighted by Crippen LogP contribution is 2.29. The highest BCUT2D eigenvalue weighted by molar-refractivity contribution is 7.98. The Hall–Kier alpha value is -1.56. The van der Waals surface area contributed by atoms with Gasteiger partial charge in [-0.1, -0.05) is 30.3 Å². The number of halogens is 3. The molecule has 0 aliphatic carbocycles. The molecule has 19 heavy (non-hydrogen) atoms. The van der Waals surface area contributed by atoms with Crippen LogP contribution in [0.2, 0.25) is 0 Å². The minimum Gasteiger partial charge on any atom is -0.232 e. The van der Waals surface area contributed by atoms with Gasteiger partial charge in [0.25, 0.3) is 0 Å². The second-order valence-electron chi connectivity index (χ2n) is 3.92. The number of hydrogen-bond donors (Lipinski definition) is 0. The summed E-state index contributed by atoms with van der Waals surface area (Å²) in [5.41, 5.74) is 1.45. The van der Waals surface area contributed by atoms with Crippen molar-refractivity contribution in [2.24, 2.45) is 0 Å². The van der Waals surface area contributed by atoms with Crippen molar-refractivity contribution in [3.8, 4) is 0 Å². The third-order valence-electron chi connectivity index (χ3n) is 2.42. The monoisotopic (exact) mass is 284 g/mol. The van der Waals surface area contributed by atoms with Gasteiger partial charge in [-0.25, -0.2) is 9.97 Å². The summed E-state index contributed by atoms with van der Waals surface area (Å²) in [6, 6.07) is 9.69.